The Hall–Kier alpha value is -2.75. The van der Waals surface area contributed by atoms with Crippen LogP contribution in [0.4, 0.5) is 0 Å². The van der Waals surface area contributed by atoms with Crippen molar-refractivity contribution in [2.24, 2.45) is 5.73 Å². The third-order valence-electron chi connectivity index (χ3n) is 4.06. The number of primary amides is 1. The summed E-state index contributed by atoms with van der Waals surface area (Å²) in [6, 6.07) is 7.07. The lowest BCUT2D eigenvalue weighted by atomic mass is 9.99. The van der Waals surface area contributed by atoms with Crippen molar-refractivity contribution in [2.75, 3.05) is 0 Å². The van der Waals surface area contributed by atoms with Crippen LogP contribution >= 0.6 is 0 Å². The summed E-state index contributed by atoms with van der Waals surface area (Å²) < 4.78 is 0. The number of hydrogen-bond donors (Lipinski definition) is 1. The number of ketones is 1. The van der Waals surface area contributed by atoms with Crippen LogP contribution in [0, 0.1) is 0 Å². The van der Waals surface area contributed by atoms with E-state index in [4.69, 9.17) is 5.73 Å². The van der Waals surface area contributed by atoms with E-state index in [0.29, 0.717) is 22.3 Å². The summed E-state index contributed by atoms with van der Waals surface area (Å²) in [5.74, 6) is -0.450. The molecule has 0 saturated carbocycles. The van der Waals surface area contributed by atoms with Crippen molar-refractivity contribution >= 4 is 28.2 Å². The van der Waals surface area contributed by atoms with Crippen molar-refractivity contribution in [3.05, 3.63) is 58.8 Å². The first-order valence-electron chi connectivity index (χ1n) is 6.85. The van der Waals surface area contributed by atoms with Crippen LogP contribution in [0.3, 0.4) is 0 Å². The highest BCUT2D eigenvalue weighted by Gasteiger charge is 2.31. The second-order valence-electron chi connectivity index (χ2n) is 5.29. The van der Waals surface area contributed by atoms with Crippen molar-refractivity contribution < 1.29 is 9.59 Å². The Labute approximate surface area is 121 Å². The molecule has 2 N–H and O–H groups in total. The Balaban J connectivity index is 2.06. The number of Topliss-reactive ketones (excluding diaryl/α,β-unsaturated/α-hetero) is 1. The number of fused-ring (bicyclic) bond motifs is 3. The van der Waals surface area contributed by atoms with Crippen molar-refractivity contribution in [1.29, 1.82) is 0 Å². The van der Waals surface area contributed by atoms with Crippen LogP contribution in [0.15, 0.2) is 42.0 Å². The van der Waals surface area contributed by atoms with E-state index in [1.54, 1.807) is 12.1 Å². The van der Waals surface area contributed by atoms with E-state index in [0.717, 1.165) is 29.4 Å². The number of pyridine rings is 1. The first-order chi connectivity index (χ1) is 10.2. The highest BCUT2D eigenvalue weighted by Crippen LogP contribution is 2.38. The number of para-hydroxylation sites is 1. The van der Waals surface area contributed by atoms with Crippen LogP contribution in [-0.2, 0) is 0 Å². The Morgan fingerprint density at radius 2 is 2.14 bits per heavy atom. The summed E-state index contributed by atoms with van der Waals surface area (Å²) in [6.07, 6.45) is 5.63. The molecule has 1 heterocycles. The number of nitrogens with two attached hydrogens (primary N) is 1. The third-order valence-corrected chi connectivity index (χ3v) is 4.06. The van der Waals surface area contributed by atoms with E-state index in [9.17, 15) is 9.59 Å². The van der Waals surface area contributed by atoms with Gasteiger partial charge in [-0.1, -0.05) is 24.3 Å². The first-order valence-corrected chi connectivity index (χ1v) is 6.85. The van der Waals surface area contributed by atoms with Gasteiger partial charge in [0.15, 0.2) is 5.78 Å². The number of carbonyl (C=O) groups excluding carboxylic acids is 2. The topological polar surface area (TPSA) is 73.1 Å². The summed E-state index contributed by atoms with van der Waals surface area (Å²) in [7, 11) is 0. The van der Waals surface area contributed by atoms with E-state index in [1.165, 1.54) is 0 Å². The fourth-order valence-corrected chi connectivity index (χ4v) is 3.06. The molecule has 0 radical (unpaired) electrons. The number of nitrogens with zero attached hydrogens (tertiary/aromatic N) is 1. The monoisotopic (exact) mass is 276 g/mol. The number of benzene rings is 1. The molecule has 4 heteroatoms. The van der Waals surface area contributed by atoms with Gasteiger partial charge in [0.2, 0.25) is 0 Å². The number of carbonyl (C=O) groups is 2. The molecule has 4 rings (SSSR count). The van der Waals surface area contributed by atoms with Gasteiger partial charge in [-0.3, -0.25) is 9.59 Å². The fraction of sp³-hybridized carbons (Fsp3) is 0.118. The Morgan fingerprint density at radius 3 is 2.95 bits per heavy atom. The molecule has 1 aromatic carbocycles. The average Bonchev–Trinajstić information content (AvgIpc) is 2.78. The summed E-state index contributed by atoms with van der Waals surface area (Å²) in [6.45, 7) is 0. The lowest BCUT2D eigenvalue weighted by Gasteiger charge is -2.07. The van der Waals surface area contributed by atoms with Crippen LogP contribution in [-0.4, -0.2) is 16.7 Å². The molecule has 2 aliphatic rings. The standard InChI is InChI=1S/C17H12N2O2/c18-17(21)12-7-3-4-9-8-13-15(19-14(9)12)10-5-1-2-6-11(10)16(13)20/h1,3-5,7-8H,2,6H2,(H2,18,21). The van der Waals surface area contributed by atoms with Gasteiger partial charge in [0, 0.05) is 22.1 Å². The number of hydrogen-bond acceptors (Lipinski definition) is 3. The summed E-state index contributed by atoms with van der Waals surface area (Å²) in [5.41, 5.74) is 9.38. The summed E-state index contributed by atoms with van der Waals surface area (Å²) >= 11 is 0. The largest absolute Gasteiger partial charge is 0.366 e. The zero-order valence-electron chi connectivity index (χ0n) is 11.2. The second-order valence-corrected chi connectivity index (χ2v) is 5.29. The quantitative estimate of drug-likeness (QED) is 0.870. The van der Waals surface area contributed by atoms with Gasteiger partial charge in [0.25, 0.3) is 5.91 Å². The smallest absolute Gasteiger partial charge is 0.250 e. The van der Waals surface area contributed by atoms with Crippen LogP contribution in [0.5, 0.6) is 0 Å². The van der Waals surface area contributed by atoms with E-state index in [2.05, 4.69) is 4.98 Å². The highest BCUT2D eigenvalue weighted by molar-refractivity contribution is 6.23. The molecule has 0 saturated heterocycles. The Kier molecular flexibility index (Phi) is 2.36. The van der Waals surface area contributed by atoms with E-state index in [1.807, 2.05) is 24.3 Å². The maximum atomic E-state index is 12.5. The van der Waals surface area contributed by atoms with Gasteiger partial charge in [0.1, 0.15) is 0 Å². The lowest BCUT2D eigenvalue weighted by Crippen LogP contribution is -2.12. The van der Waals surface area contributed by atoms with E-state index >= 15 is 0 Å². The van der Waals surface area contributed by atoms with Crippen LogP contribution < -0.4 is 5.73 Å². The number of rotatable bonds is 1. The molecule has 2 aromatic rings. The Morgan fingerprint density at radius 1 is 1.29 bits per heavy atom. The van der Waals surface area contributed by atoms with Crippen molar-refractivity contribution in [3.63, 3.8) is 0 Å². The van der Waals surface area contributed by atoms with Gasteiger partial charge in [-0.15, -0.1) is 0 Å². The molecule has 102 valence electrons. The number of allylic oxidation sites excluding steroid dienone is 4. The van der Waals surface area contributed by atoms with Gasteiger partial charge in [-0.05, 0) is 25.0 Å². The average molecular weight is 276 g/mol. The molecule has 0 aliphatic heterocycles. The van der Waals surface area contributed by atoms with Crippen molar-refractivity contribution in [2.45, 2.75) is 12.8 Å². The molecular formula is C17H12N2O2. The number of amides is 1. The van der Waals surface area contributed by atoms with Gasteiger partial charge in [0.05, 0.1) is 16.8 Å². The molecule has 0 atom stereocenters. The third kappa shape index (κ3) is 1.59. The van der Waals surface area contributed by atoms with Gasteiger partial charge in [-0.25, -0.2) is 4.98 Å². The SMILES string of the molecule is NC(=O)c1cccc2cc3c(nc12)C1=C(CCC=C1)C3=O. The van der Waals surface area contributed by atoms with Gasteiger partial charge < -0.3 is 5.73 Å². The zero-order valence-corrected chi connectivity index (χ0v) is 11.2. The predicted octanol–water partition coefficient (Wildman–Crippen LogP) is 2.63. The molecular weight excluding hydrogens is 264 g/mol. The van der Waals surface area contributed by atoms with Crippen molar-refractivity contribution in [1.82, 2.24) is 4.98 Å². The summed E-state index contributed by atoms with van der Waals surface area (Å²) in [5, 5.41) is 0.766. The maximum absolute atomic E-state index is 12.5. The van der Waals surface area contributed by atoms with E-state index in [-0.39, 0.29) is 5.78 Å². The molecule has 0 spiro atoms. The van der Waals surface area contributed by atoms with Crippen LogP contribution in [0.2, 0.25) is 0 Å². The summed E-state index contributed by atoms with van der Waals surface area (Å²) in [4.78, 5) is 28.6. The molecule has 2 aliphatic carbocycles. The molecule has 4 nitrogen and oxygen atoms in total. The molecule has 0 unspecified atom stereocenters. The minimum absolute atomic E-state index is 0.0585. The lowest BCUT2D eigenvalue weighted by molar-refractivity contribution is 0.1000. The molecule has 0 fully saturated rings. The minimum Gasteiger partial charge on any atom is -0.366 e. The van der Waals surface area contributed by atoms with E-state index < -0.39 is 5.91 Å². The maximum Gasteiger partial charge on any atom is 0.250 e. The highest BCUT2D eigenvalue weighted by atomic mass is 16.1. The predicted molar refractivity (Wildman–Crippen MR) is 79.9 cm³/mol. The van der Waals surface area contributed by atoms with Crippen molar-refractivity contribution in [3.8, 4) is 0 Å². The van der Waals surface area contributed by atoms with Crippen LogP contribution in [0.25, 0.3) is 16.5 Å². The molecule has 1 aromatic heterocycles. The first kappa shape index (κ1) is 12.0. The fourth-order valence-electron chi connectivity index (χ4n) is 3.06. The Bertz CT molecular complexity index is 891. The second kappa shape index (κ2) is 4.12. The number of aromatic nitrogens is 1. The zero-order chi connectivity index (χ0) is 14.6. The molecule has 1 amide bonds. The minimum atomic E-state index is -0.509. The van der Waals surface area contributed by atoms with Gasteiger partial charge >= 0.3 is 0 Å². The molecule has 0 bridgehead atoms. The normalized spacial score (nSPS) is 16.3. The molecule has 21 heavy (non-hydrogen) atoms. The van der Waals surface area contributed by atoms with Gasteiger partial charge in [-0.2, -0.15) is 0 Å². The van der Waals surface area contributed by atoms with Crippen LogP contribution in [0.1, 0.15) is 39.3 Å².